The summed E-state index contributed by atoms with van der Waals surface area (Å²) in [6.45, 7) is 4.87. The van der Waals surface area contributed by atoms with E-state index in [1.54, 1.807) is 55.5 Å². The first-order valence-electron chi connectivity index (χ1n) is 12.4. The number of ether oxygens (including phenoxy) is 2. The summed E-state index contributed by atoms with van der Waals surface area (Å²) in [5, 5.41) is 0. The summed E-state index contributed by atoms with van der Waals surface area (Å²) in [5.41, 5.74) is 2.37. The number of rotatable bonds is 10. The van der Waals surface area contributed by atoms with Crippen LogP contribution in [0.1, 0.15) is 51.2 Å². The molecule has 0 spiro atoms. The zero-order chi connectivity index (χ0) is 26.5. The third-order valence-corrected chi connectivity index (χ3v) is 6.44. The first-order valence-corrected chi connectivity index (χ1v) is 12.4. The summed E-state index contributed by atoms with van der Waals surface area (Å²) < 4.78 is 10.9. The van der Waals surface area contributed by atoms with Crippen LogP contribution in [0.25, 0.3) is 11.4 Å². The number of carbonyl (C=O) groups excluding carboxylic acids is 4. The Labute approximate surface area is 216 Å². The highest BCUT2D eigenvalue weighted by Crippen LogP contribution is 2.46. The van der Waals surface area contributed by atoms with E-state index < -0.39 is 23.8 Å². The molecule has 0 aliphatic carbocycles. The largest absolute Gasteiger partial charge is 0.444 e. The van der Waals surface area contributed by atoms with Crippen molar-refractivity contribution in [3.63, 3.8) is 0 Å². The molecule has 2 heterocycles. The van der Waals surface area contributed by atoms with Crippen LogP contribution in [0.2, 0.25) is 0 Å². The van der Waals surface area contributed by atoms with Crippen molar-refractivity contribution in [3.05, 3.63) is 82.9 Å². The van der Waals surface area contributed by atoms with Gasteiger partial charge in [-0.1, -0.05) is 81.4 Å². The number of hydrogen-bond donors (Lipinski definition) is 0. The first kappa shape index (κ1) is 25.9. The molecule has 2 aliphatic rings. The first-order chi connectivity index (χ1) is 17.9. The monoisotopic (exact) mass is 502 g/mol. The summed E-state index contributed by atoms with van der Waals surface area (Å²) in [5.74, 6) is -2.08. The van der Waals surface area contributed by atoms with Gasteiger partial charge in [0.05, 0.1) is 28.5 Å². The minimum absolute atomic E-state index is 0.196. The Morgan fingerprint density at radius 1 is 0.757 bits per heavy atom. The van der Waals surface area contributed by atoms with Crippen LogP contribution < -0.4 is 0 Å². The molecule has 2 aromatic rings. The predicted octanol–water partition coefficient (Wildman–Crippen LogP) is 4.34. The lowest BCUT2D eigenvalue weighted by Crippen LogP contribution is -2.34. The number of fused-ring (bicyclic) bond motifs is 1. The Bertz CT molecular complexity index is 1270. The van der Waals surface area contributed by atoms with Crippen LogP contribution in [0.4, 0.5) is 0 Å². The van der Waals surface area contributed by atoms with Crippen molar-refractivity contribution in [3.8, 4) is 0 Å². The molecule has 1 atom stereocenters. The molecule has 0 aromatic heterocycles. The van der Waals surface area contributed by atoms with E-state index in [9.17, 15) is 19.2 Å². The van der Waals surface area contributed by atoms with Crippen LogP contribution in [0, 0.1) is 5.92 Å². The molecule has 0 radical (unpaired) electrons. The van der Waals surface area contributed by atoms with E-state index in [1.807, 2.05) is 26.0 Å². The highest BCUT2D eigenvalue weighted by Gasteiger charge is 2.49. The predicted molar refractivity (Wildman–Crippen MR) is 137 cm³/mol. The van der Waals surface area contributed by atoms with E-state index >= 15 is 0 Å². The van der Waals surface area contributed by atoms with Crippen molar-refractivity contribution in [2.45, 2.75) is 40.0 Å². The van der Waals surface area contributed by atoms with Gasteiger partial charge in [0.2, 0.25) is 0 Å². The Hall–Kier alpha value is -4.20. The average Bonchev–Trinajstić information content (AvgIpc) is 3.37. The number of benzene rings is 2. The fraction of sp³-hybridized carbons (Fsp3) is 0.310. The molecule has 2 amide bonds. The maximum atomic E-state index is 13.9. The second-order valence-corrected chi connectivity index (χ2v) is 8.94. The van der Waals surface area contributed by atoms with Crippen LogP contribution in [-0.4, -0.2) is 47.0 Å². The Morgan fingerprint density at radius 3 is 1.65 bits per heavy atom. The van der Waals surface area contributed by atoms with E-state index in [1.165, 1.54) is 9.80 Å². The van der Waals surface area contributed by atoms with Gasteiger partial charge in [0.25, 0.3) is 11.8 Å². The van der Waals surface area contributed by atoms with Gasteiger partial charge in [0.15, 0.2) is 13.5 Å². The van der Waals surface area contributed by atoms with Crippen LogP contribution >= 0.6 is 0 Å². The zero-order valence-electron chi connectivity index (χ0n) is 21.2. The summed E-state index contributed by atoms with van der Waals surface area (Å²) in [6, 6.07) is 18.1. The average molecular weight is 503 g/mol. The van der Waals surface area contributed by atoms with Gasteiger partial charge < -0.3 is 9.47 Å². The van der Waals surface area contributed by atoms with Crippen molar-refractivity contribution in [2.24, 2.45) is 5.92 Å². The second-order valence-electron chi connectivity index (χ2n) is 8.94. The molecule has 0 fully saturated rings. The highest BCUT2D eigenvalue weighted by atomic mass is 16.5. The van der Waals surface area contributed by atoms with E-state index in [-0.39, 0.29) is 36.9 Å². The molecule has 2 aromatic carbocycles. The van der Waals surface area contributed by atoms with Crippen molar-refractivity contribution < 1.29 is 28.7 Å². The molecule has 2 aliphatic heterocycles. The molecule has 0 bridgehead atoms. The smallest absolute Gasteiger partial charge is 0.310 e. The summed E-state index contributed by atoms with van der Waals surface area (Å²) >= 11 is 0. The quantitative estimate of drug-likeness (QED) is 0.449. The number of esters is 2. The Balaban J connectivity index is 1.82. The normalized spacial score (nSPS) is 15.9. The van der Waals surface area contributed by atoms with Crippen LogP contribution in [-0.2, 0) is 28.7 Å². The summed E-state index contributed by atoms with van der Waals surface area (Å²) in [4.78, 5) is 54.9. The molecular formula is C29H30N2O6. The number of hydrogen-bond acceptors (Lipinski definition) is 6. The van der Waals surface area contributed by atoms with Gasteiger partial charge in [0, 0.05) is 6.42 Å². The fourth-order valence-electron chi connectivity index (χ4n) is 4.28. The maximum Gasteiger partial charge on any atom is 0.310 e. The van der Waals surface area contributed by atoms with Gasteiger partial charge in [-0.05, 0) is 24.0 Å². The molecule has 37 heavy (non-hydrogen) atoms. The van der Waals surface area contributed by atoms with Crippen LogP contribution in [0.5, 0.6) is 0 Å². The van der Waals surface area contributed by atoms with Gasteiger partial charge in [-0.2, -0.15) is 0 Å². The van der Waals surface area contributed by atoms with Gasteiger partial charge >= 0.3 is 11.9 Å². The lowest BCUT2D eigenvalue weighted by Gasteiger charge is -2.25. The summed E-state index contributed by atoms with van der Waals surface area (Å²) in [6.07, 6.45) is 1.45. The molecule has 4 rings (SSSR count). The SMILES string of the molecule is CCCC(=O)OCN1C(=O)C2=C(c3ccccc3)N(COC(=O)C(C)CC)C(=O)C2=C1c1ccccc1. The van der Waals surface area contributed by atoms with Gasteiger partial charge in [0.1, 0.15) is 0 Å². The third kappa shape index (κ3) is 5.05. The molecule has 0 saturated heterocycles. The van der Waals surface area contributed by atoms with Gasteiger partial charge in [-0.25, -0.2) is 0 Å². The van der Waals surface area contributed by atoms with Gasteiger partial charge in [-0.3, -0.25) is 29.0 Å². The molecule has 8 heteroatoms. The molecular weight excluding hydrogens is 472 g/mol. The number of carbonyl (C=O) groups is 4. The molecule has 192 valence electrons. The van der Waals surface area contributed by atoms with E-state index in [0.29, 0.717) is 35.4 Å². The molecule has 1 unspecified atom stereocenters. The van der Waals surface area contributed by atoms with Crippen LogP contribution in [0.3, 0.4) is 0 Å². The standard InChI is InChI=1S/C29H30N2O6/c1-4-12-22(32)36-17-30-25(20-13-8-6-9-14-20)23-24(27(30)33)26(21-15-10-7-11-16-21)31(28(23)34)18-37-29(35)19(3)5-2/h6-11,13-16,19H,4-5,12,17-18H2,1-3H3. The van der Waals surface area contributed by atoms with E-state index in [0.717, 1.165) is 0 Å². The van der Waals surface area contributed by atoms with Crippen LogP contribution in [0.15, 0.2) is 71.8 Å². The van der Waals surface area contributed by atoms with E-state index in [4.69, 9.17) is 9.47 Å². The topological polar surface area (TPSA) is 93.2 Å². The Kier molecular flexibility index (Phi) is 7.86. The minimum atomic E-state index is -0.458. The minimum Gasteiger partial charge on any atom is -0.444 e. The fourth-order valence-corrected chi connectivity index (χ4v) is 4.28. The van der Waals surface area contributed by atoms with Crippen molar-refractivity contribution in [1.29, 1.82) is 0 Å². The lowest BCUT2D eigenvalue weighted by molar-refractivity contribution is -0.153. The second kappa shape index (κ2) is 11.2. The van der Waals surface area contributed by atoms with Crippen molar-refractivity contribution in [2.75, 3.05) is 13.5 Å². The highest BCUT2D eigenvalue weighted by molar-refractivity contribution is 6.30. The molecule has 8 nitrogen and oxygen atoms in total. The maximum absolute atomic E-state index is 13.9. The molecule has 0 saturated carbocycles. The summed E-state index contributed by atoms with van der Waals surface area (Å²) in [7, 11) is 0. The van der Waals surface area contributed by atoms with Crippen molar-refractivity contribution >= 4 is 35.1 Å². The lowest BCUT2D eigenvalue weighted by atomic mass is 10.0. The molecule has 0 N–H and O–H groups in total. The van der Waals surface area contributed by atoms with E-state index in [2.05, 4.69) is 0 Å². The number of amides is 2. The van der Waals surface area contributed by atoms with Gasteiger partial charge in [-0.15, -0.1) is 0 Å². The third-order valence-electron chi connectivity index (χ3n) is 6.44. The van der Waals surface area contributed by atoms with Crippen molar-refractivity contribution in [1.82, 2.24) is 9.80 Å². The Morgan fingerprint density at radius 2 is 1.22 bits per heavy atom. The zero-order valence-corrected chi connectivity index (χ0v) is 21.2. The number of nitrogens with zero attached hydrogens (tertiary/aromatic N) is 2.